The van der Waals surface area contributed by atoms with Crippen molar-refractivity contribution in [1.82, 2.24) is 15.6 Å². The standard InChI is InChI=1S/C9H12N4O2/c14-9(15)4-7-11-10-6-3-8-2-1-5-12-13-8/h1-2,5-6,11H,3-4,7H2,(H,14,15). The van der Waals surface area contributed by atoms with E-state index >= 15 is 0 Å². The second-order valence-electron chi connectivity index (χ2n) is 2.78. The van der Waals surface area contributed by atoms with Crippen molar-refractivity contribution >= 4 is 12.2 Å². The van der Waals surface area contributed by atoms with Gasteiger partial charge in [0.25, 0.3) is 0 Å². The van der Waals surface area contributed by atoms with Crippen molar-refractivity contribution in [2.45, 2.75) is 12.8 Å². The van der Waals surface area contributed by atoms with Crippen LogP contribution in [0.15, 0.2) is 23.4 Å². The number of rotatable bonds is 6. The van der Waals surface area contributed by atoms with Crippen molar-refractivity contribution in [1.29, 1.82) is 0 Å². The molecule has 1 rings (SSSR count). The highest BCUT2D eigenvalue weighted by Crippen LogP contribution is 1.89. The summed E-state index contributed by atoms with van der Waals surface area (Å²) in [7, 11) is 0. The molecule has 0 bridgehead atoms. The van der Waals surface area contributed by atoms with E-state index in [1.165, 1.54) is 0 Å². The summed E-state index contributed by atoms with van der Waals surface area (Å²) >= 11 is 0. The molecule has 80 valence electrons. The second-order valence-corrected chi connectivity index (χ2v) is 2.78. The Bertz CT molecular complexity index is 326. The molecule has 0 aliphatic rings. The highest BCUT2D eigenvalue weighted by atomic mass is 16.4. The fourth-order valence-corrected chi connectivity index (χ4v) is 0.873. The Labute approximate surface area is 87.0 Å². The summed E-state index contributed by atoms with van der Waals surface area (Å²) in [5, 5.41) is 19.7. The minimum absolute atomic E-state index is 0.0580. The molecule has 0 aliphatic carbocycles. The maximum atomic E-state index is 10.1. The number of carboxylic acid groups (broad SMARTS) is 1. The van der Waals surface area contributed by atoms with Crippen LogP contribution in [0.3, 0.4) is 0 Å². The van der Waals surface area contributed by atoms with Gasteiger partial charge in [0.2, 0.25) is 0 Å². The van der Waals surface area contributed by atoms with Crippen LogP contribution in [0.5, 0.6) is 0 Å². The Balaban J connectivity index is 2.15. The molecule has 0 saturated heterocycles. The number of carboxylic acids is 1. The van der Waals surface area contributed by atoms with Crippen molar-refractivity contribution in [3.8, 4) is 0 Å². The summed E-state index contributed by atoms with van der Waals surface area (Å²) in [6.07, 6.45) is 3.87. The zero-order valence-corrected chi connectivity index (χ0v) is 8.13. The molecular formula is C9H12N4O2. The van der Waals surface area contributed by atoms with Crippen LogP contribution >= 0.6 is 0 Å². The van der Waals surface area contributed by atoms with E-state index in [-0.39, 0.29) is 6.42 Å². The molecule has 1 heterocycles. The van der Waals surface area contributed by atoms with Crippen LogP contribution in [-0.2, 0) is 11.2 Å². The molecule has 0 aliphatic heterocycles. The fraction of sp³-hybridized carbons (Fsp3) is 0.333. The van der Waals surface area contributed by atoms with Gasteiger partial charge in [-0.2, -0.15) is 15.3 Å². The summed E-state index contributed by atoms with van der Waals surface area (Å²) in [5.41, 5.74) is 3.45. The van der Waals surface area contributed by atoms with Crippen molar-refractivity contribution < 1.29 is 9.90 Å². The first kappa shape index (κ1) is 11.1. The van der Waals surface area contributed by atoms with Gasteiger partial charge in [-0.3, -0.25) is 4.79 Å². The molecule has 0 atom stereocenters. The number of aliphatic carboxylic acids is 1. The first-order valence-corrected chi connectivity index (χ1v) is 4.52. The van der Waals surface area contributed by atoms with E-state index in [0.29, 0.717) is 13.0 Å². The van der Waals surface area contributed by atoms with Gasteiger partial charge < -0.3 is 10.5 Å². The molecule has 15 heavy (non-hydrogen) atoms. The molecule has 0 aromatic carbocycles. The topological polar surface area (TPSA) is 87.5 Å². The minimum Gasteiger partial charge on any atom is -0.481 e. The van der Waals surface area contributed by atoms with Crippen LogP contribution < -0.4 is 5.43 Å². The van der Waals surface area contributed by atoms with Crippen LogP contribution in [0.2, 0.25) is 0 Å². The van der Waals surface area contributed by atoms with Gasteiger partial charge in [-0.05, 0) is 12.1 Å². The van der Waals surface area contributed by atoms with E-state index in [2.05, 4.69) is 20.7 Å². The predicted octanol–water partition coefficient (Wildman–Crippen LogP) is 0.0692. The van der Waals surface area contributed by atoms with Crippen molar-refractivity contribution in [2.24, 2.45) is 5.10 Å². The fourth-order valence-electron chi connectivity index (χ4n) is 0.873. The molecule has 0 radical (unpaired) electrons. The summed E-state index contributed by atoms with van der Waals surface area (Å²) in [4.78, 5) is 10.1. The lowest BCUT2D eigenvalue weighted by atomic mass is 10.3. The summed E-state index contributed by atoms with van der Waals surface area (Å²) < 4.78 is 0. The van der Waals surface area contributed by atoms with Gasteiger partial charge in [-0.15, -0.1) is 0 Å². The monoisotopic (exact) mass is 208 g/mol. The predicted molar refractivity (Wildman–Crippen MR) is 54.5 cm³/mol. The number of nitrogens with one attached hydrogen (secondary N) is 1. The largest absolute Gasteiger partial charge is 0.481 e. The normalized spacial score (nSPS) is 10.4. The van der Waals surface area contributed by atoms with Crippen molar-refractivity contribution in [2.75, 3.05) is 6.54 Å². The van der Waals surface area contributed by atoms with Gasteiger partial charge >= 0.3 is 5.97 Å². The zero-order valence-electron chi connectivity index (χ0n) is 8.13. The zero-order chi connectivity index (χ0) is 10.9. The molecule has 0 saturated carbocycles. The molecule has 6 nitrogen and oxygen atoms in total. The Kier molecular flexibility index (Phi) is 4.79. The number of hydrogen-bond acceptors (Lipinski definition) is 5. The van der Waals surface area contributed by atoms with Gasteiger partial charge in [0.05, 0.1) is 12.1 Å². The lowest BCUT2D eigenvalue weighted by Crippen LogP contribution is -2.12. The lowest BCUT2D eigenvalue weighted by Gasteiger charge is -1.95. The molecule has 1 aromatic heterocycles. The number of nitrogens with zero attached hydrogens (tertiary/aromatic N) is 3. The van der Waals surface area contributed by atoms with E-state index in [9.17, 15) is 4.79 Å². The van der Waals surface area contributed by atoms with Crippen LogP contribution in [0, 0.1) is 0 Å². The molecule has 1 aromatic rings. The molecule has 0 amide bonds. The second kappa shape index (κ2) is 6.47. The number of aromatic nitrogens is 2. The maximum Gasteiger partial charge on any atom is 0.305 e. The van der Waals surface area contributed by atoms with Gasteiger partial charge in [0.15, 0.2) is 0 Å². The van der Waals surface area contributed by atoms with Crippen LogP contribution in [0.25, 0.3) is 0 Å². The van der Waals surface area contributed by atoms with Crippen molar-refractivity contribution in [3.63, 3.8) is 0 Å². The highest BCUT2D eigenvalue weighted by Gasteiger charge is 1.93. The van der Waals surface area contributed by atoms with Crippen LogP contribution in [0.1, 0.15) is 12.1 Å². The molecule has 2 N–H and O–H groups in total. The highest BCUT2D eigenvalue weighted by molar-refractivity contribution is 5.66. The first-order valence-electron chi connectivity index (χ1n) is 4.52. The Morgan fingerprint density at radius 2 is 2.53 bits per heavy atom. The molecule has 0 spiro atoms. The molecule has 6 heteroatoms. The smallest absolute Gasteiger partial charge is 0.305 e. The Hall–Kier alpha value is -1.98. The average Bonchev–Trinajstić information content (AvgIpc) is 2.24. The van der Waals surface area contributed by atoms with Gasteiger partial charge in [-0.25, -0.2) is 0 Å². The average molecular weight is 208 g/mol. The van der Waals surface area contributed by atoms with Gasteiger partial charge in [0, 0.05) is 25.4 Å². The number of hydrogen-bond donors (Lipinski definition) is 2. The van der Waals surface area contributed by atoms with E-state index in [1.54, 1.807) is 18.5 Å². The Morgan fingerprint density at radius 3 is 3.20 bits per heavy atom. The van der Waals surface area contributed by atoms with E-state index in [4.69, 9.17) is 5.11 Å². The summed E-state index contributed by atoms with van der Waals surface area (Å²) in [6, 6.07) is 3.64. The van der Waals surface area contributed by atoms with Gasteiger partial charge in [0.1, 0.15) is 0 Å². The first-order chi connectivity index (χ1) is 7.29. The third kappa shape index (κ3) is 5.35. The third-order valence-electron chi connectivity index (χ3n) is 1.56. The van der Waals surface area contributed by atoms with Crippen LogP contribution in [-0.4, -0.2) is 34.0 Å². The lowest BCUT2D eigenvalue weighted by molar-refractivity contribution is -0.136. The minimum atomic E-state index is -0.841. The quantitative estimate of drug-likeness (QED) is 0.392. The van der Waals surface area contributed by atoms with Crippen LogP contribution in [0.4, 0.5) is 0 Å². The van der Waals surface area contributed by atoms with Gasteiger partial charge in [-0.1, -0.05) is 0 Å². The van der Waals surface area contributed by atoms with Crippen molar-refractivity contribution in [3.05, 3.63) is 24.0 Å². The van der Waals surface area contributed by atoms with E-state index in [0.717, 1.165) is 5.69 Å². The van der Waals surface area contributed by atoms with E-state index < -0.39 is 5.97 Å². The summed E-state index contributed by atoms with van der Waals surface area (Å²) in [5.74, 6) is -0.841. The number of carbonyl (C=O) groups is 1. The SMILES string of the molecule is O=C(O)CCNN=CCc1cccnn1. The maximum absolute atomic E-state index is 10.1. The summed E-state index contributed by atoms with van der Waals surface area (Å²) in [6.45, 7) is 0.326. The Morgan fingerprint density at radius 1 is 1.67 bits per heavy atom. The molecular weight excluding hydrogens is 196 g/mol. The third-order valence-corrected chi connectivity index (χ3v) is 1.56. The number of hydrazone groups is 1. The molecule has 0 unspecified atom stereocenters. The molecule has 0 fully saturated rings. The van der Waals surface area contributed by atoms with E-state index in [1.807, 2.05) is 6.07 Å².